The molecule has 0 aliphatic carbocycles. The molecule has 0 radical (unpaired) electrons. The molecule has 1 atom stereocenters. The van der Waals surface area contributed by atoms with E-state index in [2.05, 4.69) is 15.2 Å². The number of nitrogens with one attached hydrogen (secondary N) is 1. The Morgan fingerprint density at radius 2 is 2.11 bits per heavy atom. The first kappa shape index (κ1) is 17.5. The van der Waals surface area contributed by atoms with Crippen LogP contribution in [-0.2, 0) is 4.79 Å². The number of fused-ring (bicyclic) bond motifs is 4. The third kappa shape index (κ3) is 3.23. The Labute approximate surface area is 166 Å². The van der Waals surface area contributed by atoms with Crippen LogP contribution in [-0.4, -0.2) is 65.4 Å². The third-order valence-electron chi connectivity index (χ3n) is 5.92. The summed E-state index contributed by atoms with van der Waals surface area (Å²) in [5.41, 5.74) is 1.36. The van der Waals surface area contributed by atoms with E-state index < -0.39 is 0 Å². The van der Waals surface area contributed by atoms with Gasteiger partial charge in [0.2, 0.25) is 5.91 Å². The number of thioether (sulfide) groups is 1. The standard InChI is InChI=1S/C19H22N4O2S2/c24-18-11-26-6-5-23(18)16-10-27-17-8-20-14(7-13(16)17)19(25)21-15-9-22-3-1-12(15)2-4-22/h7-8,10,12,15H,1-6,9,11H2,(H,21,25). The Bertz CT molecular complexity index is 891. The molecular weight excluding hydrogens is 380 g/mol. The molecule has 4 fully saturated rings. The topological polar surface area (TPSA) is 65.5 Å². The molecule has 0 aromatic carbocycles. The van der Waals surface area contributed by atoms with Crippen LogP contribution in [0.1, 0.15) is 23.3 Å². The number of aromatic nitrogens is 1. The summed E-state index contributed by atoms with van der Waals surface area (Å²) >= 11 is 3.25. The lowest BCUT2D eigenvalue weighted by molar-refractivity contribution is -0.116. The summed E-state index contributed by atoms with van der Waals surface area (Å²) in [5, 5.41) is 6.17. The molecule has 6 nitrogen and oxygen atoms in total. The second-order valence-electron chi connectivity index (χ2n) is 7.50. The van der Waals surface area contributed by atoms with Crippen molar-refractivity contribution in [2.24, 2.45) is 5.92 Å². The molecule has 8 heteroatoms. The van der Waals surface area contributed by atoms with E-state index in [1.807, 2.05) is 16.3 Å². The fraction of sp³-hybridized carbons (Fsp3) is 0.526. The van der Waals surface area contributed by atoms with Crippen molar-refractivity contribution in [3.05, 3.63) is 23.3 Å². The highest BCUT2D eigenvalue weighted by molar-refractivity contribution is 8.00. The van der Waals surface area contributed by atoms with E-state index in [0.717, 1.165) is 47.7 Å². The summed E-state index contributed by atoms with van der Waals surface area (Å²) < 4.78 is 1.01. The van der Waals surface area contributed by atoms with Gasteiger partial charge in [-0.2, -0.15) is 11.8 Å². The lowest BCUT2D eigenvalue weighted by Crippen LogP contribution is -2.57. The number of amides is 2. The van der Waals surface area contributed by atoms with Gasteiger partial charge < -0.3 is 15.1 Å². The predicted molar refractivity (Wildman–Crippen MR) is 110 cm³/mol. The van der Waals surface area contributed by atoms with Gasteiger partial charge in [0.1, 0.15) is 5.69 Å². The summed E-state index contributed by atoms with van der Waals surface area (Å²) in [6.45, 7) is 3.98. The van der Waals surface area contributed by atoms with Gasteiger partial charge in [0.25, 0.3) is 5.91 Å². The van der Waals surface area contributed by atoms with E-state index in [1.54, 1.807) is 29.3 Å². The average molecular weight is 403 g/mol. The van der Waals surface area contributed by atoms with E-state index in [9.17, 15) is 9.59 Å². The smallest absolute Gasteiger partial charge is 0.270 e. The number of carbonyl (C=O) groups is 2. The first-order valence-electron chi connectivity index (χ1n) is 9.47. The van der Waals surface area contributed by atoms with E-state index >= 15 is 0 Å². The summed E-state index contributed by atoms with van der Waals surface area (Å²) in [4.78, 5) is 33.8. The van der Waals surface area contributed by atoms with Gasteiger partial charge >= 0.3 is 0 Å². The first-order valence-corrected chi connectivity index (χ1v) is 11.5. The second kappa shape index (κ2) is 7.07. The molecule has 1 N–H and O–H groups in total. The Balaban J connectivity index is 1.39. The van der Waals surface area contributed by atoms with Crippen molar-refractivity contribution in [2.45, 2.75) is 18.9 Å². The van der Waals surface area contributed by atoms with Gasteiger partial charge in [-0.3, -0.25) is 9.59 Å². The molecule has 27 heavy (non-hydrogen) atoms. The molecule has 6 rings (SSSR count). The highest BCUT2D eigenvalue weighted by Crippen LogP contribution is 2.35. The molecule has 6 heterocycles. The number of pyridine rings is 1. The number of hydrogen-bond donors (Lipinski definition) is 1. The lowest BCUT2D eigenvalue weighted by atomic mass is 9.84. The monoisotopic (exact) mass is 402 g/mol. The maximum atomic E-state index is 12.8. The zero-order valence-corrected chi connectivity index (χ0v) is 16.7. The van der Waals surface area contributed by atoms with E-state index in [1.165, 1.54) is 12.8 Å². The molecule has 142 valence electrons. The first-order chi connectivity index (χ1) is 13.2. The average Bonchev–Trinajstić information content (AvgIpc) is 3.12. The SMILES string of the molecule is O=C(NC1CN2CCC1CC2)c1cc2c(N3CCSCC3=O)csc2cn1. The van der Waals surface area contributed by atoms with Crippen LogP contribution in [0.2, 0.25) is 0 Å². The van der Waals surface area contributed by atoms with Gasteiger partial charge in [0.15, 0.2) is 0 Å². The minimum absolute atomic E-state index is 0.103. The normalized spacial score (nSPS) is 27.9. The molecule has 1 unspecified atom stereocenters. The zero-order chi connectivity index (χ0) is 18.4. The molecule has 4 aliphatic rings. The third-order valence-corrected chi connectivity index (χ3v) is 7.77. The van der Waals surface area contributed by atoms with Crippen molar-refractivity contribution >= 4 is 50.7 Å². The number of carbonyl (C=O) groups excluding carboxylic acids is 2. The molecule has 0 spiro atoms. The minimum Gasteiger partial charge on any atom is -0.346 e. The molecule has 4 saturated heterocycles. The van der Waals surface area contributed by atoms with Gasteiger partial charge in [-0.05, 0) is 37.9 Å². The van der Waals surface area contributed by atoms with Crippen molar-refractivity contribution < 1.29 is 9.59 Å². The molecule has 0 saturated carbocycles. The second-order valence-corrected chi connectivity index (χ2v) is 9.52. The van der Waals surface area contributed by atoms with Gasteiger partial charge in [-0.25, -0.2) is 4.98 Å². The molecule has 2 aromatic heterocycles. The summed E-state index contributed by atoms with van der Waals surface area (Å²) in [6, 6.07) is 2.08. The van der Waals surface area contributed by atoms with Gasteiger partial charge in [-0.1, -0.05) is 0 Å². The van der Waals surface area contributed by atoms with Crippen LogP contribution >= 0.6 is 23.1 Å². The van der Waals surface area contributed by atoms with E-state index in [4.69, 9.17) is 0 Å². The Morgan fingerprint density at radius 1 is 1.26 bits per heavy atom. The molecule has 2 bridgehead atoms. The quantitative estimate of drug-likeness (QED) is 0.853. The maximum absolute atomic E-state index is 12.8. The van der Waals surface area contributed by atoms with Gasteiger partial charge in [0.05, 0.1) is 16.1 Å². The fourth-order valence-corrected chi connectivity index (χ4v) is 6.08. The fourth-order valence-electron chi connectivity index (χ4n) is 4.40. The van der Waals surface area contributed by atoms with Crippen molar-refractivity contribution in [1.29, 1.82) is 0 Å². The van der Waals surface area contributed by atoms with Crippen LogP contribution in [0, 0.1) is 5.92 Å². The van der Waals surface area contributed by atoms with Crippen LogP contribution in [0.15, 0.2) is 17.6 Å². The van der Waals surface area contributed by atoms with E-state index in [-0.39, 0.29) is 17.9 Å². The number of rotatable bonds is 3. The van der Waals surface area contributed by atoms with Crippen LogP contribution in [0.5, 0.6) is 0 Å². The minimum atomic E-state index is -0.103. The number of hydrogen-bond acceptors (Lipinski definition) is 6. The summed E-state index contributed by atoms with van der Waals surface area (Å²) in [7, 11) is 0. The maximum Gasteiger partial charge on any atom is 0.270 e. The largest absolute Gasteiger partial charge is 0.346 e. The molecule has 4 aliphatic heterocycles. The molecule has 2 aromatic rings. The van der Waals surface area contributed by atoms with Gasteiger partial charge in [0, 0.05) is 41.8 Å². The van der Waals surface area contributed by atoms with Crippen LogP contribution in [0.4, 0.5) is 5.69 Å². The number of piperidine rings is 3. The van der Waals surface area contributed by atoms with Crippen molar-refractivity contribution in [3.63, 3.8) is 0 Å². The van der Waals surface area contributed by atoms with Crippen molar-refractivity contribution in [3.8, 4) is 0 Å². The summed E-state index contributed by atoms with van der Waals surface area (Å²) in [5.74, 6) is 2.09. The molecule has 2 amide bonds. The predicted octanol–water partition coefficient (Wildman–Crippen LogP) is 2.20. The Hall–Kier alpha value is -1.64. The number of anilines is 1. The highest BCUT2D eigenvalue weighted by Gasteiger charge is 2.35. The number of thiophene rings is 1. The van der Waals surface area contributed by atoms with Gasteiger partial charge in [-0.15, -0.1) is 11.3 Å². The summed E-state index contributed by atoms with van der Waals surface area (Å²) in [6.07, 6.45) is 4.10. The van der Waals surface area contributed by atoms with E-state index in [0.29, 0.717) is 17.4 Å². The zero-order valence-electron chi connectivity index (χ0n) is 15.0. The van der Waals surface area contributed by atoms with Crippen LogP contribution in [0.25, 0.3) is 10.1 Å². The Morgan fingerprint density at radius 3 is 2.85 bits per heavy atom. The lowest BCUT2D eigenvalue weighted by Gasteiger charge is -2.44. The van der Waals surface area contributed by atoms with Crippen LogP contribution in [0.3, 0.4) is 0 Å². The number of nitrogens with zero attached hydrogens (tertiary/aromatic N) is 3. The van der Waals surface area contributed by atoms with Crippen molar-refractivity contribution in [2.75, 3.05) is 42.6 Å². The van der Waals surface area contributed by atoms with Crippen molar-refractivity contribution in [1.82, 2.24) is 15.2 Å². The highest BCUT2D eigenvalue weighted by atomic mass is 32.2. The molecular formula is C19H22N4O2S2. The van der Waals surface area contributed by atoms with Crippen LogP contribution < -0.4 is 10.2 Å². The Kier molecular flexibility index (Phi) is 4.57.